The maximum Gasteiger partial charge on any atom is 0.297 e. The fraction of sp³-hybridized carbons (Fsp3) is 0.0714. The van der Waals surface area contributed by atoms with Crippen molar-refractivity contribution in [3.63, 3.8) is 0 Å². The molecule has 1 aromatic heterocycles. The molecule has 1 saturated heterocycles. The lowest BCUT2D eigenvalue weighted by molar-refractivity contribution is -0.122. The van der Waals surface area contributed by atoms with Crippen LogP contribution in [-0.4, -0.2) is 31.7 Å². The Bertz CT molecular complexity index is 1650. The Morgan fingerprint density at radius 3 is 2.08 bits per heavy atom. The highest BCUT2D eigenvalue weighted by Crippen LogP contribution is 2.35. The molecule has 5 rings (SSSR count). The first kappa shape index (κ1) is 26.1. The van der Waals surface area contributed by atoms with E-state index in [0.717, 1.165) is 25.8 Å². The zero-order chi connectivity index (χ0) is 26.8. The summed E-state index contributed by atoms with van der Waals surface area (Å²) in [7, 11) is 1.81. The highest BCUT2D eigenvalue weighted by atomic mass is 79.9. The van der Waals surface area contributed by atoms with Gasteiger partial charge in [-0.2, -0.15) is 10.1 Å². The van der Waals surface area contributed by atoms with Crippen LogP contribution in [0.15, 0.2) is 108 Å². The number of aliphatic imine (C=N–C) groups is 1. The number of rotatable bonds is 5. The molecule has 190 valence electrons. The summed E-state index contributed by atoms with van der Waals surface area (Å²) in [6, 6.07) is 24.6. The fourth-order valence-corrected chi connectivity index (χ4v) is 5.25. The molecule has 0 saturated carbocycles. The summed E-state index contributed by atoms with van der Waals surface area (Å²) in [5.41, 5.74) is 3.05. The Labute approximate surface area is 240 Å². The molecule has 0 bridgehead atoms. The van der Waals surface area contributed by atoms with E-state index in [4.69, 9.17) is 0 Å². The number of hydrogen-bond donors (Lipinski definition) is 0. The molecule has 4 aromatic rings. The van der Waals surface area contributed by atoms with Crippen LogP contribution in [0.25, 0.3) is 11.8 Å². The minimum Gasteiger partial charge on any atom is -0.283 e. The van der Waals surface area contributed by atoms with Gasteiger partial charge in [0.25, 0.3) is 11.5 Å². The van der Waals surface area contributed by atoms with Crippen molar-refractivity contribution in [3.8, 4) is 5.69 Å². The molecule has 1 aliphatic heterocycles. The summed E-state index contributed by atoms with van der Waals surface area (Å²) in [5, 5.41) is 6.01. The van der Waals surface area contributed by atoms with Gasteiger partial charge in [-0.3, -0.25) is 14.3 Å². The third-order valence-corrected chi connectivity index (χ3v) is 7.89. The summed E-state index contributed by atoms with van der Waals surface area (Å²) in [6.07, 6.45) is 3.40. The molecule has 0 atom stereocenters. The Morgan fingerprint density at radius 1 is 0.842 bits per heavy atom. The Balaban J connectivity index is 1.59. The molecule has 0 radical (unpaired) electrons. The largest absolute Gasteiger partial charge is 0.297 e. The van der Waals surface area contributed by atoms with Gasteiger partial charge < -0.3 is 0 Å². The van der Waals surface area contributed by atoms with Gasteiger partial charge >= 0.3 is 0 Å². The lowest BCUT2D eigenvalue weighted by Gasteiger charge is -2.08. The molecule has 0 N–H and O–H groups in total. The number of amides is 1. The lowest BCUT2D eigenvalue weighted by atomic mass is 10.2. The highest BCUT2D eigenvalue weighted by molar-refractivity contribution is 9.10. The van der Waals surface area contributed by atoms with Gasteiger partial charge in [-0.05, 0) is 72.3 Å². The third kappa shape index (κ3) is 5.38. The van der Waals surface area contributed by atoms with Crippen molar-refractivity contribution in [3.05, 3.63) is 120 Å². The molecule has 0 spiro atoms. The van der Waals surface area contributed by atoms with Gasteiger partial charge in [-0.1, -0.05) is 74.3 Å². The summed E-state index contributed by atoms with van der Waals surface area (Å²) < 4.78 is 5.21. The maximum absolute atomic E-state index is 13.5. The summed E-state index contributed by atoms with van der Waals surface area (Å²) in [4.78, 5) is 32.1. The average molecular weight is 651 g/mol. The first-order chi connectivity index (χ1) is 18.3. The molecule has 7 nitrogen and oxygen atoms in total. The molecule has 1 amide bonds. The van der Waals surface area contributed by atoms with Crippen LogP contribution in [0.5, 0.6) is 0 Å². The predicted molar refractivity (Wildman–Crippen MR) is 161 cm³/mol. The van der Waals surface area contributed by atoms with Gasteiger partial charge in [0, 0.05) is 16.0 Å². The van der Waals surface area contributed by atoms with Crippen molar-refractivity contribution >= 4 is 72.7 Å². The Morgan fingerprint density at radius 2 is 1.45 bits per heavy atom. The molecule has 2 heterocycles. The topological polar surface area (TPSA) is 72.0 Å². The smallest absolute Gasteiger partial charge is 0.283 e. The van der Waals surface area contributed by atoms with E-state index < -0.39 is 0 Å². The first-order valence-corrected chi connectivity index (χ1v) is 13.9. The number of halogens is 2. The average Bonchev–Trinajstić information content (AvgIpc) is 3.32. The second kappa shape index (κ2) is 11.1. The maximum atomic E-state index is 13.5. The van der Waals surface area contributed by atoms with Crippen molar-refractivity contribution in [2.75, 3.05) is 0 Å². The summed E-state index contributed by atoms with van der Waals surface area (Å²) in [6.45, 7) is 1.83. The van der Waals surface area contributed by atoms with Crippen LogP contribution in [0.4, 0.5) is 5.69 Å². The number of carbonyl (C=O) groups excluding carboxylic acids is 1. The molecule has 1 fully saturated rings. The van der Waals surface area contributed by atoms with Gasteiger partial charge in [0.1, 0.15) is 0 Å². The van der Waals surface area contributed by atoms with E-state index in [1.54, 1.807) is 21.7 Å². The van der Waals surface area contributed by atoms with E-state index in [9.17, 15) is 9.59 Å². The number of para-hydroxylation sites is 1. The van der Waals surface area contributed by atoms with E-state index in [1.807, 2.05) is 92.8 Å². The van der Waals surface area contributed by atoms with Crippen LogP contribution in [0, 0.1) is 6.92 Å². The Hall–Kier alpha value is -3.47. The number of aromatic nitrogens is 2. The number of benzene rings is 3. The molecule has 1 aliphatic rings. The Kier molecular flexibility index (Phi) is 7.64. The SMILES string of the molecule is Cc1c(N=C2S/C(=C\c3ccc(Br)cc3)C(=O)N2/N=C/c2ccc(Br)cc2)c(=O)n(-c2ccccc2)n1C. The van der Waals surface area contributed by atoms with Crippen molar-refractivity contribution in [1.29, 1.82) is 0 Å². The first-order valence-electron chi connectivity index (χ1n) is 11.5. The van der Waals surface area contributed by atoms with Gasteiger partial charge in [0.2, 0.25) is 0 Å². The predicted octanol–water partition coefficient (Wildman–Crippen LogP) is 6.65. The number of carbonyl (C=O) groups is 1. The minimum absolute atomic E-state index is 0.250. The van der Waals surface area contributed by atoms with Crippen molar-refractivity contribution in [2.24, 2.45) is 17.1 Å². The van der Waals surface area contributed by atoms with Crippen LogP contribution >= 0.6 is 43.6 Å². The zero-order valence-electron chi connectivity index (χ0n) is 20.4. The summed E-state index contributed by atoms with van der Waals surface area (Å²) >= 11 is 8.04. The van der Waals surface area contributed by atoms with Gasteiger partial charge in [0.05, 0.1) is 22.5 Å². The van der Waals surface area contributed by atoms with E-state index in [0.29, 0.717) is 15.8 Å². The number of nitrogens with zero attached hydrogens (tertiary/aromatic N) is 5. The van der Waals surface area contributed by atoms with E-state index in [2.05, 4.69) is 42.0 Å². The quantitative estimate of drug-likeness (QED) is 0.179. The van der Waals surface area contributed by atoms with E-state index in [1.165, 1.54) is 16.8 Å². The van der Waals surface area contributed by atoms with Gasteiger partial charge in [-0.25, -0.2) is 9.67 Å². The molecule has 0 aliphatic carbocycles. The van der Waals surface area contributed by atoms with Crippen LogP contribution in [0.1, 0.15) is 16.8 Å². The van der Waals surface area contributed by atoms with E-state index in [-0.39, 0.29) is 17.2 Å². The van der Waals surface area contributed by atoms with Crippen LogP contribution in [0.3, 0.4) is 0 Å². The number of hydrogen-bond acceptors (Lipinski definition) is 5. The van der Waals surface area contributed by atoms with Crippen molar-refractivity contribution in [2.45, 2.75) is 6.92 Å². The van der Waals surface area contributed by atoms with Gasteiger partial charge in [-0.15, -0.1) is 0 Å². The molecular weight excluding hydrogens is 630 g/mol. The number of hydrazone groups is 1. The third-order valence-electron chi connectivity index (χ3n) is 5.88. The highest BCUT2D eigenvalue weighted by Gasteiger charge is 2.34. The van der Waals surface area contributed by atoms with Crippen LogP contribution in [0.2, 0.25) is 0 Å². The molecule has 3 aromatic carbocycles. The van der Waals surface area contributed by atoms with Crippen LogP contribution in [-0.2, 0) is 11.8 Å². The molecular formula is C28H21Br2N5O2S. The molecule has 0 unspecified atom stereocenters. The second-order valence-corrected chi connectivity index (χ2v) is 11.2. The molecule has 10 heteroatoms. The number of amidine groups is 1. The minimum atomic E-state index is -0.318. The second-order valence-electron chi connectivity index (χ2n) is 8.38. The van der Waals surface area contributed by atoms with Crippen molar-refractivity contribution < 1.29 is 4.79 Å². The lowest BCUT2D eigenvalue weighted by Crippen LogP contribution is -2.24. The molecule has 38 heavy (non-hydrogen) atoms. The van der Waals surface area contributed by atoms with E-state index >= 15 is 0 Å². The zero-order valence-corrected chi connectivity index (χ0v) is 24.4. The normalized spacial score (nSPS) is 15.9. The standard InChI is InChI=1S/C28H21Br2N5O2S/c1-18-25(27(37)35(33(18)2)23-6-4-3-5-7-23)32-28-34(31-17-20-10-14-22(30)15-11-20)26(36)24(38-28)16-19-8-12-21(29)13-9-19/h3-17H,1-2H3/b24-16-,31-17+,32-28?. The monoisotopic (exact) mass is 649 g/mol. The number of thioether (sulfide) groups is 1. The fourth-order valence-electron chi connectivity index (χ4n) is 3.80. The summed E-state index contributed by atoms with van der Waals surface area (Å²) in [5.74, 6) is -0.318. The van der Waals surface area contributed by atoms with Crippen LogP contribution < -0.4 is 5.56 Å². The van der Waals surface area contributed by atoms with Gasteiger partial charge in [0.15, 0.2) is 10.9 Å². The van der Waals surface area contributed by atoms with Crippen molar-refractivity contribution in [1.82, 2.24) is 14.4 Å².